The van der Waals surface area contributed by atoms with Crippen molar-refractivity contribution in [3.63, 3.8) is 0 Å². The van der Waals surface area contributed by atoms with Gasteiger partial charge in [-0.15, -0.1) is 12.4 Å². The number of fused-ring (bicyclic) bond motifs is 1. The van der Waals surface area contributed by atoms with E-state index in [0.29, 0.717) is 23.6 Å². The Morgan fingerprint density at radius 3 is 2.62 bits per heavy atom. The van der Waals surface area contributed by atoms with Gasteiger partial charge in [0.05, 0.1) is 0 Å². The molecule has 1 N–H and O–H groups in total. The maximum Gasteiger partial charge on any atom is 0.270 e. The number of aromatic nitrogens is 1. The van der Waals surface area contributed by atoms with Crippen molar-refractivity contribution in [1.82, 2.24) is 14.8 Å². The third-order valence-electron chi connectivity index (χ3n) is 5.52. The molecule has 2 fully saturated rings. The second-order valence-electron chi connectivity index (χ2n) is 6.96. The number of benzene rings is 1. The van der Waals surface area contributed by atoms with E-state index in [9.17, 15) is 4.79 Å². The summed E-state index contributed by atoms with van der Waals surface area (Å²) in [6.07, 6.45) is 1.81. The number of hydrogen-bond donors (Lipinski definition) is 1. The minimum atomic E-state index is 0. The highest BCUT2D eigenvalue weighted by Crippen LogP contribution is 2.44. The van der Waals surface area contributed by atoms with Gasteiger partial charge >= 0.3 is 0 Å². The average Bonchev–Trinajstić information content (AvgIpc) is 3.23. The third-order valence-corrected chi connectivity index (χ3v) is 5.52. The number of carbonyl (C=O) groups excluding carboxylic acids is 1. The summed E-state index contributed by atoms with van der Waals surface area (Å²) in [6, 6.07) is 12.8. The van der Waals surface area contributed by atoms with Crippen molar-refractivity contribution >= 4 is 18.3 Å². The van der Waals surface area contributed by atoms with Crippen molar-refractivity contribution in [2.75, 3.05) is 26.7 Å². The van der Waals surface area contributed by atoms with Crippen molar-refractivity contribution in [3.05, 3.63) is 59.4 Å². The number of nitrogens with zero attached hydrogens (tertiary/aromatic N) is 2. The molecular formula is C19H24ClN3O. The van der Waals surface area contributed by atoms with Crippen molar-refractivity contribution in [2.24, 2.45) is 11.8 Å². The molecule has 2 aliphatic heterocycles. The Labute approximate surface area is 149 Å². The summed E-state index contributed by atoms with van der Waals surface area (Å²) in [4.78, 5) is 20.1. The van der Waals surface area contributed by atoms with Crippen LogP contribution < -0.4 is 0 Å². The normalized spacial score (nSPS) is 26.2. The molecule has 4 rings (SSSR count). The van der Waals surface area contributed by atoms with Crippen LogP contribution in [0, 0.1) is 18.8 Å². The molecule has 1 aromatic heterocycles. The van der Waals surface area contributed by atoms with E-state index in [2.05, 4.69) is 48.1 Å². The summed E-state index contributed by atoms with van der Waals surface area (Å²) in [5.74, 6) is 1.24. The maximum atomic E-state index is 12.6. The molecule has 0 spiro atoms. The van der Waals surface area contributed by atoms with E-state index < -0.39 is 0 Å². The molecule has 3 heterocycles. The quantitative estimate of drug-likeness (QED) is 0.908. The molecule has 2 aliphatic rings. The van der Waals surface area contributed by atoms with Crippen LogP contribution in [-0.2, 0) is 0 Å². The van der Waals surface area contributed by atoms with E-state index in [4.69, 9.17) is 0 Å². The van der Waals surface area contributed by atoms with Crippen LogP contribution in [-0.4, -0.2) is 47.4 Å². The van der Waals surface area contributed by atoms with E-state index >= 15 is 0 Å². The topological polar surface area (TPSA) is 39.3 Å². The summed E-state index contributed by atoms with van der Waals surface area (Å²) in [5.41, 5.74) is 3.46. The van der Waals surface area contributed by atoms with Gasteiger partial charge in [-0.25, -0.2) is 0 Å². The van der Waals surface area contributed by atoms with Crippen LogP contribution in [0.5, 0.6) is 0 Å². The lowest BCUT2D eigenvalue weighted by Gasteiger charge is -2.28. The first-order chi connectivity index (χ1) is 11.1. The zero-order chi connectivity index (χ0) is 16.0. The number of H-pyrrole nitrogens is 1. The molecule has 1 aromatic carbocycles. The van der Waals surface area contributed by atoms with Crippen molar-refractivity contribution < 1.29 is 4.79 Å². The smallest absolute Gasteiger partial charge is 0.270 e. The van der Waals surface area contributed by atoms with Crippen LogP contribution in [0.2, 0.25) is 0 Å². The predicted octanol–water partition coefficient (Wildman–Crippen LogP) is 3.12. The van der Waals surface area contributed by atoms with Crippen molar-refractivity contribution in [3.8, 4) is 0 Å². The Kier molecular flexibility index (Phi) is 4.70. The number of likely N-dealkylation sites (tertiary alicyclic amines) is 2. The Hall–Kier alpha value is -1.78. The van der Waals surface area contributed by atoms with Crippen LogP contribution in [0.25, 0.3) is 0 Å². The first-order valence-electron chi connectivity index (χ1n) is 8.33. The van der Waals surface area contributed by atoms with Crippen molar-refractivity contribution in [1.29, 1.82) is 0 Å². The third kappa shape index (κ3) is 2.74. The van der Waals surface area contributed by atoms with E-state index in [1.54, 1.807) is 0 Å². The second-order valence-corrected chi connectivity index (χ2v) is 6.96. The number of carbonyl (C=O) groups is 1. The van der Waals surface area contributed by atoms with Gasteiger partial charge < -0.3 is 9.88 Å². The molecule has 2 aromatic rings. The first kappa shape index (κ1) is 17.1. The van der Waals surface area contributed by atoms with Crippen molar-refractivity contribution in [2.45, 2.75) is 13.0 Å². The Morgan fingerprint density at radius 1 is 1.12 bits per heavy atom. The average molecular weight is 346 g/mol. The van der Waals surface area contributed by atoms with Gasteiger partial charge in [-0.1, -0.05) is 24.3 Å². The van der Waals surface area contributed by atoms with Gasteiger partial charge in [-0.05, 0) is 43.1 Å². The largest absolute Gasteiger partial charge is 0.357 e. The molecule has 1 amide bonds. The number of nitrogens with one attached hydrogen (secondary N) is 1. The molecule has 24 heavy (non-hydrogen) atoms. The summed E-state index contributed by atoms with van der Waals surface area (Å²) in [5, 5.41) is 0. The zero-order valence-corrected chi connectivity index (χ0v) is 14.9. The van der Waals surface area contributed by atoms with Gasteiger partial charge in [0.2, 0.25) is 0 Å². The second kappa shape index (κ2) is 6.61. The monoisotopic (exact) mass is 345 g/mol. The van der Waals surface area contributed by atoms with Gasteiger partial charge in [-0.3, -0.25) is 9.69 Å². The van der Waals surface area contributed by atoms with E-state index in [-0.39, 0.29) is 18.3 Å². The van der Waals surface area contributed by atoms with Crippen LogP contribution in [0.1, 0.15) is 27.7 Å². The predicted molar refractivity (Wildman–Crippen MR) is 97.5 cm³/mol. The number of rotatable bonds is 2. The molecule has 0 saturated carbocycles. The lowest BCUT2D eigenvalue weighted by Crippen LogP contribution is -2.33. The standard InChI is InChI=1S/C19H23N3O.ClH/c1-13-6-3-4-7-15(13)18-16-12-22(11-14(16)10-21(18)2)19(23)17-8-5-9-20-17;/h3-9,14,16,18,20H,10-12H2,1-2H3;1H/t14-,16+,18+;/m0./s1. The molecular weight excluding hydrogens is 322 g/mol. The molecule has 0 unspecified atom stereocenters. The molecule has 5 heteroatoms. The van der Waals surface area contributed by atoms with Crippen LogP contribution in [0.4, 0.5) is 0 Å². The number of aryl methyl sites for hydroxylation is 1. The van der Waals surface area contributed by atoms with Crippen LogP contribution in [0.15, 0.2) is 42.6 Å². The van der Waals surface area contributed by atoms with Crippen LogP contribution >= 0.6 is 12.4 Å². The summed E-state index contributed by atoms with van der Waals surface area (Å²) in [7, 11) is 2.21. The van der Waals surface area contributed by atoms with Gasteiger partial charge in [0.1, 0.15) is 5.69 Å². The fourth-order valence-electron chi connectivity index (χ4n) is 4.44. The Bertz CT molecular complexity index is 715. The van der Waals surface area contributed by atoms with Gasteiger partial charge in [0.25, 0.3) is 5.91 Å². The first-order valence-corrected chi connectivity index (χ1v) is 8.33. The SMILES string of the molecule is Cc1ccccc1[C@@H]1[C@@H]2CN(C(=O)c3ccc[nH]3)C[C@@H]2CN1C.Cl. The highest BCUT2D eigenvalue weighted by Gasteiger charge is 2.47. The number of amides is 1. The fourth-order valence-corrected chi connectivity index (χ4v) is 4.44. The fraction of sp³-hybridized carbons (Fsp3) is 0.421. The van der Waals surface area contributed by atoms with E-state index in [1.807, 2.05) is 23.2 Å². The maximum absolute atomic E-state index is 12.6. The van der Waals surface area contributed by atoms with Gasteiger partial charge in [0, 0.05) is 37.8 Å². The molecule has 4 nitrogen and oxygen atoms in total. The lowest BCUT2D eigenvalue weighted by atomic mass is 9.88. The number of halogens is 1. The van der Waals surface area contributed by atoms with Gasteiger partial charge in [0.15, 0.2) is 0 Å². The minimum absolute atomic E-state index is 0. The number of hydrogen-bond acceptors (Lipinski definition) is 2. The van der Waals surface area contributed by atoms with E-state index in [1.165, 1.54) is 11.1 Å². The molecule has 128 valence electrons. The Morgan fingerprint density at radius 2 is 1.92 bits per heavy atom. The zero-order valence-electron chi connectivity index (χ0n) is 14.1. The molecule has 0 bridgehead atoms. The molecule has 2 saturated heterocycles. The highest BCUT2D eigenvalue weighted by molar-refractivity contribution is 5.92. The summed E-state index contributed by atoms with van der Waals surface area (Å²) >= 11 is 0. The lowest BCUT2D eigenvalue weighted by molar-refractivity contribution is 0.0762. The highest BCUT2D eigenvalue weighted by atomic mass is 35.5. The molecule has 3 atom stereocenters. The number of aromatic amines is 1. The Balaban J connectivity index is 0.00000169. The summed E-state index contributed by atoms with van der Waals surface area (Å²) in [6.45, 7) is 4.98. The summed E-state index contributed by atoms with van der Waals surface area (Å²) < 4.78 is 0. The van der Waals surface area contributed by atoms with Gasteiger partial charge in [-0.2, -0.15) is 0 Å². The molecule has 0 radical (unpaired) electrons. The molecule has 0 aliphatic carbocycles. The van der Waals surface area contributed by atoms with E-state index in [0.717, 1.165) is 19.6 Å². The minimum Gasteiger partial charge on any atom is -0.357 e. The van der Waals surface area contributed by atoms with Crippen LogP contribution in [0.3, 0.4) is 0 Å².